The maximum atomic E-state index is 11.5. The van der Waals surface area contributed by atoms with Crippen molar-refractivity contribution in [2.75, 3.05) is 32.8 Å². The molecule has 26 heavy (non-hydrogen) atoms. The highest BCUT2D eigenvalue weighted by Gasteiger charge is 2.13. The van der Waals surface area contributed by atoms with E-state index in [0.29, 0.717) is 19.6 Å². The van der Waals surface area contributed by atoms with E-state index in [-0.39, 0.29) is 12.3 Å². The van der Waals surface area contributed by atoms with Crippen molar-refractivity contribution >= 4 is 16.7 Å². The Balaban J connectivity index is 1.69. The van der Waals surface area contributed by atoms with Crippen LogP contribution in [-0.4, -0.2) is 43.6 Å². The van der Waals surface area contributed by atoms with Crippen molar-refractivity contribution in [2.45, 2.75) is 25.7 Å². The Kier molecular flexibility index (Phi) is 6.45. The van der Waals surface area contributed by atoms with Gasteiger partial charge in [0.2, 0.25) is 5.91 Å². The summed E-state index contributed by atoms with van der Waals surface area (Å²) in [5.41, 5.74) is 1.11. The van der Waals surface area contributed by atoms with Gasteiger partial charge in [0.05, 0.1) is 6.07 Å². The average Bonchev–Trinajstić information content (AvgIpc) is 3.16. The summed E-state index contributed by atoms with van der Waals surface area (Å²) >= 11 is 0. The fourth-order valence-electron chi connectivity index (χ4n) is 3.46. The number of rotatable bonds is 8. The van der Waals surface area contributed by atoms with Gasteiger partial charge in [-0.2, -0.15) is 5.26 Å². The first-order chi connectivity index (χ1) is 12.8. The highest BCUT2D eigenvalue weighted by molar-refractivity contribution is 5.88. The summed E-state index contributed by atoms with van der Waals surface area (Å²) in [5, 5.41) is 13.7. The third-order valence-corrected chi connectivity index (χ3v) is 4.80. The van der Waals surface area contributed by atoms with E-state index in [1.54, 1.807) is 0 Å². The average molecular weight is 351 g/mol. The fourth-order valence-corrected chi connectivity index (χ4v) is 3.46. The number of carbonyl (C=O) groups excluding carboxylic acids is 1. The molecule has 0 aromatic heterocycles. The molecule has 136 valence electrons. The van der Waals surface area contributed by atoms with Crippen LogP contribution in [0, 0.1) is 11.3 Å². The van der Waals surface area contributed by atoms with Gasteiger partial charge < -0.3 is 10.1 Å². The predicted molar refractivity (Wildman–Crippen MR) is 102 cm³/mol. The SMILES string of the molecule is N#CCC(=O)NCCc1c(OCCN2CCCC2)ccc2ccccc12. The molecule has 1 amide bonds. The van der Waals surface area contributed by atoms with Gasteiger partial charge in [0.25, 0.3) is 0 Å². The third kappa shape index (κ3) is 4.74. The summed E-state index contributed by atoms with van der Waals surface area (Å²) in [6.45, 7) is 4.45. The number of likely N-dealkylation sites (tertiary alicyclic amines) is 1. The zero-order chi connectivity index (χ0) is 18.2. The van der Waals surface area contributed by atoms with Crippen LogP contribution in [0.15, 0.2) is 36.4 Å². The van der Waals surface area contributed by atoms with Gasteiger partial charge in [-0.15, -0.1) is 0 Å². The molecule has 0 spiro atoms. The van der Waals surface area contributed by atoms with E-state index in [1.165, 1.54) is 25.9 Å². The molecule has 0 bridgehead atoms. The first kappa shape index (κ1) is 18.2. The summed E-state index contributed by atoms with van der Waals surface area (Å²) in [4.78, 5) is 14.0. The topological polar surface area (TPSA) is 65.4 Å². The number of hydrogen-bond acceptors (Lipinski definition) is 4. The quantitative estimate of drug-likeness (QED) is 0.794. The number of carbonyl (C=O) groups is 1. The monoisotopic (exact) mass is 351 g/mol. The Bertz CT molecular complexity index is 791. The molecule has 0 unspecified atom stereocenters. The van der Waals surface area contributed by atoms with Gasteiger partial charge in [-0.3, -0.25) is 9.69 Å². The number of nitrogens with one attached hydrogen (secondary N) is 1. The maximum absolute atomic E-state index is 11.5. The molecule has 1 aliphatic heterocycles. The zero-order valence-corrected chi connectivity index (χ0v) is 15.0. The van der Waals surface area contributed by atoms with Gasteiger partial charge >= 0.3 is 0 Å². The Hall–Kier alpha value is -2.58. The van der Waals surface area contributed by atoms with Crippen LogP contribution in [0.4, 0.5) is 0 Å². The number of benzene rings is 2. The van der Waals surface area contributed by atoms with Crippen LogP contribution >= 0.6 is 0 Å². The molecule has 0 radical (unpaired) electrons. The van der Waals surface area contributed by atoms with Crippen molar-refractivity contribution in [3.05, 3.63) is 42.0 Å². The van der Waals surface area contributed by atoms with Crippen LogP contribution in [0.3, 0.4) is 0 Å². The summed E-state index contributed by atoms with van der Waals surface area (Å²) < 4.78 is 6.11. The molecule has 0 aliphatic carbocycles. The Morgan fingerprint density at radius 2 is 2.00 bits per heavy atom. The van der Waals surface area contributed by atoms with Gasteiger partial charge in [-0.05, 0) is 49.2 Å². The highest BCUT2D eigenvalue weighted by Crippen LogP contribution is 2.28. The van der Waals surface area contributed by atoms with Crippen LogP contribution in [0.2, 0.25) is 0 Å². The van der Waals surface area contributed by atoms with Crippen molar-refractivity contribution in [1.29, 1.82) is 5.26 Å². The second-order valence-electron chi connectivity index (χ2n) is 6.60. The molecule has 1 aliphatic rings. The highest BCUT2D eigenvalue weighted by atomic mass is 16.5. The van der Waals surface area contributed by atoms with Crippen molar-refractivity contribution in [3.8, 4) is 11.8 Å². The summed E-state index contributed by atoms with van der Waals surface area (Å²) in [6.07, 6.45) is 3.14. The predicted octanol–water partition coefficient (Wildman–Crippen LogP) is 2.89. The van der Waals surface area contributed by atoms with E-state index in [9.17, 15) is 4.79 Å². The molecule has 1 saturated heterocycles. The lowest BCUT2D eigenvalue weighted by atomic mass is 10.0. The molecule has 1 heterocycles. The molecular formula is C21H25N3O2. The number of nitrogens with zero attached hydrogens (tertiary/aromatic N) is 2. The second kappa shape index (κ2) is 9.21. The standard InChI is InChI=1S/C21H25N3O2/c22-11-9-21(25)23-12-10-19-18-6-2-1-5-17(18)7-8-20(19)26-16-15-24-13-3-4-14-24/h1-2,5-8H,3-4,9-10,12-16H2,(H,23,25). The number of hydrogen-bond donors (Lipinski definition) is 1. The van der Waals surface area contributed by atoms with Crippen LogP contribution in [-0.2, 0) is 11.2 Å². The molecule has 0 saturated carbocycles. The van der Waals surface area contributed by atoms with E-state index in [1.807, 2.05) is 24.3 Å². The van der Waals surface area contributed by atoms with E-state index in [0.717, 1.165) is 28.6 Å². The minimum Gasteiger partial charge on any atom is -0.492 e. The molecule has 2 aromatic carbocycles. The van der Waals surface area contributed by atoms with Crippen LogP contribution in [0.25, 0.3) is 10.8 Å². The van der Waals surface area contributed by atoms with Gasteiger partial charge in [0.1, 0.15) is 18.8 Å². The Labute approximate surface area is 154 Å². The lowest BCUT2D eigenvalue weighted by molar-refractivity contribution is -0.120. The molecule has 1 fully saturated rings. The summed E-state index contributed by atoms with van der Waals surface area (Å²) in [5.74, 6) is 0.654. The van der Waals surface area contributed by atoms with Crippen molar-refractivity contribution in [3.63, 3.8) is 0 Å². The first-order valence-corrected chi connectivity index (χ1v) is 9.27. The van der Waals surface area contributed by atoms with Crippen molar-refractivity contribution in [1.82, 2.24) is 10.2 Å². The molecule has 3 rings (SSSR count). The number of ether oxygens (including phenoxy) is 1. The largest absolute Gasteiger partial charge is 0.492 e. The fraction of sp³-hybridized carbons (Fsp3) is 0.429. The maximum Gasteiger partial charge on any atom is 0.234 e. The summed E-state index contributed by atoms with van der Waals surface area (Å²) in [6, 6.07) is 14.2. The Morgan fingerprint density at radius 1 is 1.19 bits per heavy atom. The van der Waals surface area contributed by atoms with E-state index in [4.69, 9.17) is 10.00 Å². The van der Waals surface area contributed by atoms with Crippen molar-refractivity contribution in [2.24, 2.45) is 0 Å². The van der Waals surface area contributed by atoms with E-state index < -0.39 is 0 Å². The lowest BCUT2D eigenvalue weighted by Crippen LogP contribution is -2.26. The minimum absolute atomic E-state index is 0.102. The second-order valence-corrected chi connectivity index (χ2v) is 6.60. The van der Waals surface area contributed by atoms with Gasteiger partial charge in [-0.25, -0.2) is 0 Å². The smallest absolute Gasteiger partial charge is 0.234 e. The van der Waals surface area contributed by atoms with Gasteiger partial charge in [-0.1, -0.05) is 30.3 Å². The minimum atomic E-state index is -0.232. The van der Waals surface area contributed by atoms with Crippen LogP contribution in [0.1, 0.15) is 24.8 Å². The summed E-state index contributed by atoms with van der Waals surface area (Å²) in [7, 11) is 0. The van der Waals surface area contributed by atoms with E-state index in [2.05, 4.69) is 28.4 Å². The number of fused-ring (bicyclic) bond motifs is 1. The van der Waals surface area contributed by atoms with E-state index >= 15 is 0 Å². The third-order valence-electron chi connectivity index (χ3n) is 4.80. The number of nitriles is 1. The molecule has 1 N–H and O–H groups in total. The van der Waals surface area contributed by atoms with Crippen LogP contribution in [0.5, 0.6) is 5.75 Å². The zero-order valence-electron chi connectivity index (χ0n) is 15.0. The number of amides is 1. The van der Waals surface area contributed by atoms with Crippen molar-refractivity contribution < 1.29 is 9.53 Å². The molecule has 0 atom stereocenters. The molecule has 2 aromatic rings. The first-order valence-electron chi connectivity index (χ1n) is 9.27. The van der Waals surface area contributed by atoms with Gasteiger partial charge in [0.15, 0.2) is 0 Å². The van der Waals surface area contributed by atoms with Crippen LogP contribution < -0.4 is 10.1 Å². The molecule has 5 nitrogen and oxygen atoms in total. The molecule has 5 heteroatoms. The van der Waals surface area contributed by atoms with Gasteiger partial charge in [0, 0.05) is 18.7 Å². The normalized spacial score (nSPS) is 14.3. The lowest BCUT2D eigenvalue weighted by Gasteiger charge is -2.18. The Morgan fingerprint density at radius 3 is 2.81 bits per heavy atom. The molecular weight excluding hydrogens is 326 g/mol.